The summed E-state index contributed by atoms with van der Waals surface area (Å²) in [5.74, 6) is 0.194. The van der Waals surface area contributed by atoms with Gasteiger partial charge in [0.2, 0.25) is 0 Å². The van der Waals surface area contributed by atoms with Crippen molar-refractivity contribution in [2.45, 2.75) is 26.9 Å². The van der Waals surface area contributed by atoms with Crippen molar-refractivity contribution in [2.24, 2.45) is 0 Å². The summed E-state index contributed by atoms with van der Waals surface area (Å²) in [6.07, 6.45) is 2.39. The van der Waals surface area contributed by atoms with Crippen molar-refractivity contribution in [3.8, 4) is 0 Å². The van der Waals surface area contributed by atoms with Gasteiger partial charge in [-0.25, -0.2) is 0 Å². The van der Waals surface area contributed by atoms with Gasteiger partial charge in [-0.2, -0.15) is 10.2 Å². The van der Waals surface area contributed by atoms with Gasteiger partial charge in [0.05, 0.1) is 18.0 Å². The van der Waals surface area contributed by atoms with Crippen LogP contribution in [0.4, 0.5) is 11.5 Å². The Kier molecular flexibility index (Phi) is 6.16. The third-order valence-corrected chi connectivity index (χ3v) is 5.50. The standard InChI is InChI=1S/C20H17Cl2N7O4/c1-11-5-18(25-28(11)8-13-3-4-14(21)6-17(13)22)24-20(30)19-16(12(2)33-26-19)10-27-9-15(7-23-27)29(31)32/h3-7,9H,8,10H2,1-2H3,(H,24,25,30). The Morgan fingerprint density at radius 1 is 1.24 bits per heavy atom. The molecule has 4 rings (SSSR count). The zero-order chi connectivity index (χ0) is 23.7. The van der Waals surface area contributed by atoms with Crippen LogP contribution in [0.15, 0.2) is 41.2 Å². The van der Waals surface area contributed by atoms with Crippen molar-refractivity contribution in [2.75, 3.05) is 5.32 Å². The first-order valence-electron chi connectivity index (χ1n) is 9.63. The Balaban J connectivity index is 1.51. The van der Waals surface area contributed by atoms with Crippen LogP contribution in [0.2, 0.25) is 10.0 Å². The molecule has 0 spiro atoms. The molecule has 3 heterocycles. The van der Waals surface area contributed by atoms with Crippen LogP contribution in [-0.2, 0) is 13.1 Å². The minimum absolute atomic E-state index is 0.0404. The Bertz CT molecular complexity index is 1360. The van der Waals surface area contributed by atoms with Crippen molar-refractivity contribution in [1.29, 1.82) is 0 Å². The molecule has 0 unspecified atom stereocenters. The molecule has 1 amide bonds. The van der Waals surface area contributed by atoms with E-state index in [1.807, 2.05) is 13.0 Å². The lowest BCUT2D eigenvalue weighted by Crippen LogP contribution is -2.16. The highest BCUT2D eigenvalue weighted by Gasteiger charge is 2.22. The quantitative estimate of drug-likeness (QED) is 0.302. The molecule has 1 N–H and O–H groups in total. The van der Waals surface area contributed by atoms with Gasteiger partial charge in [0.25, 0.3) is 5.91 Å². The highest BCUT2D eigenvalue weighted by molar-refractivity contribution is 6.35. The number of halogens is 2. The topological polar surface area (TPSA) is 134 Å². The van der Waals surface area contributed by atoms with Crippen molar-refractivity contribution in [3.63, 3.8) is 0 Å². The van der Waals surface area contributed by atoms with Crippen LogP contribution < -0.4 is 5.32 Å². The lowest BCUT2D eigenvalue weighted by molar-refractivity contribution is -0.385. The Hall–Kier alpha value is -3.70. The first kappa shape index (κ1) is 22.5. The Morgan fingerprint density at radius 3 is 2.73 bits per heavy atom. The van der Waals surface area contributed by atoms with Crippen LogP contribution in [0.1, 0.15) is 33.1 Å². The van der Waals surface area contributed by atoms with Gasteiger partial charge in [0.15, 0.2) is 11.5 Å². The van der Waals surface area contributed by atoms with Gasteiger partial charge >= 0.3 is 5.69 Å². The van der Waals surface area contributed by atoms with E-state index in [1.165, 1.54) is 10.9 Å². The molecule has 0 bridgehead atoms. The average Bonchev–Trinajstić information content (AvgIpc) is 3.45. The predicted octanol–water partition coefficient (Wildman–Crippen LogP) is 4.25. The smallest absolute Gasteiger partial charge is 0.307 e. The molecule has 1 aromatic carbocycles. The third-order valence-electron chi connectivity index (χ3n) is 4.91. The molecule has 13 heteroatoms. The van der Waals surface area contributed by atoms with E-state index in [1.54, 1.807) is 29.8 Å². The molecule has 33 heavy (non-hydrogen) atoms. The van der Waals surface area contributed by atoms with Crippen molar-refractivity contribution in [3.05, 3.63) is 85.1 Å². The molecule has 3 aromatic heterocycles. The molecule has 170 valence electrons. The van der Waals surface area contributed by atoms with E-state index in [0.29, 0.717) is 33.7 Å². The molecule has 11 nitrogen and oxygen atoms in total. The Labute approximate surface area is 197 Å². The molecular formula is C20H17Cl2N7O4. The van der Waals surface area contributed by atoms with Gasteiger partial charge in [0, 0.05) is 27.4 Å². The van der Waals surface area contributed by atoms with E-state index in [2.05, 4.69) is 20.7 Å². The first-order chi connectivity index (χ1) is 15.7. The maximum atomic E-state index is 12.9. The van der Waals surface area contributed by atoms with E-state index in [-0.39, 0.29) is 17.9 Å². The van der Waals surface area contributed by atoms with Gasteiger partial charge in [0.1, 0.15) is 18.2 Å². The molecule has 0 atom stereocenters. The van der Waals surface area contributed by atoms with E-state index < -0.39 is 10.8 Å². The Morgan fingerprint density at radius 2 is 2.03 bits per heavy atom. The minimum atomic E-state index is -0.548. The number of anilines is 1. The molecule has 0 fully saturated rings. The van der Waals surface area contributed by atoms with E-state index in [0.717, 1.165) is 17.5 Å². The van der Waals surface area contributed by atoms with Crippen molar-refractivity contribution >= 4 is 40.6 Å². The summed E-state index contributed by atoms with van der Waals surface area (Å²) < 4.78 is 8.21. The predicted molar refractivity (Wildman–Crippen MR) is 120 cm³/mol. The fraction of sp³-hybridized carbons (Fsp3) is 0.200. The monoisotopic (exact) mass is 489 g/mol. The van der Waals surface area contributed by atoms with Gasteiger partial charge in [-0.15, -0.1) is 0 Å². The second-order valence-corrected chi connectivity index (χ2v) is 8.08. The van der Waals surface area contributed by atoms with Gasteiger partial charge in [-0.05, 0) is 31.5 Å². The number of rotatable bonds is 7. The lowest BCUT2D eigenvalue weighted by atomic mass is 10.2. The number of nitro groups is 1. The molecular weight excluding hydrogens is 473 g/mol. The number of benzene rings is 1. The molecule has 0 aliphatic carbocycles. The summed E-state index contributed by atoms with van der Waals surface area (Å²) in [6, 6.07) is 6.93. The highest BCUT2D eigenvalue weighted by Crippen LogP contribution is 2.23. The number of carbonyl (C=O) groups is 1. The lowest BCUT2D eigenvalue weighted by Gasteiger charge is -2.07. The normalized spacial score (nSPS) is 11.0. The number of nitrogens with zero attached hydrogens (tertiary/aromatic N) is 6. The van der Waals surface area contributed by atoms with E-state index in [9.17, 15) is 14.9 Å². The number of aromatic nitrogens is 5. The van der Waals surface area contributed by atoms with Crippen LogP contribution in [0.25, 0.3) is 0 Å². The van der Waals surface area contributed by atoms with Crippen LogP contribution in [0, 0.1) is 24.0 Å². The molecule has 0 aliphatic rings. The van der Waals surface area contributed by atoms with Crippen LogP contribution >= 0.6 is 23.2 Å². The number of amides is 1. The zero-order valence-electron chi connectivity index (χ0n) is 17.5. The highest BCUT2D eigenvalue weighted by atomic mass is 35.5. The fourth-order valence-corrected chi connectivity index (χ4v) is 3.64. The second kappa shape index (κ2) is 9.04. The minimum Gasteiger partial charge on any atom is -0.361 e. The number of hydrogen-bond donors (Lipinski definition) is 1. The fourth-order valence-electron chi connectivity index (χ4n) is 3.17. The van der Waals surface area contributed by atoms with E-state index in [4.69, 9.17) is 27.7 Å². The summed E-state index contributed by atoms with van der Waals surface area (Å²) in [7, 11) is 0. The maximum absolute atomic E-state index is 12.9. The average molecular weight is 490 g/mol. The van der Waals surface area contributed by atoms with Gasteiger partial charge < -0.3 is 9.84 Å². The number of aryl methyl sites for hydroxylation is 2. The molecule has 0 saturated heterocycles. The van der Waals surface area contributed by atoms with Gasteiger partial charge in [-0.1, -0.05) is 34.4 Å². The number of hydrogen-bond acceptors (Lipinski definition) is 7. The SMILES string of the molecule is Cc1onc(C(=O)Nc2cc(C)n(Cc3ccc(Cl)cc3Cl)n2)c1Cn1cc([N+](=O)[O-])cn1. The number of carbonyl (C=O) groups excluding carboxylic acids is 1. The molecule has 0 radical (unpaired) electrons. The summed E-state index contributed by atoms with van der Waals surface area (Å²) in [5.41, 5.74) is 1.97. The zero-order valence-corrected chi connectivity index (χ0v) is 19.0. The van der Waals surface area contributed by atoms with Crippen molar-refractivity contribution < 1.29 is 14.2 Å². The van der Waals surface area contributed by atoms with E-state index >= 15 is 0 Å². The summed E-state index contributed by atoms with van der Waals surface area (Å²) in [4.78, 5) is 23.2. The maximum Gasteiger partial charge on any atom is 0.307 e. The summed E-state index contributed by atoms with van der Waals surface area (Å²) in [5, 5.41) is 26.8. The summed E-state index contributed by atoms with van der Waals surface area (Å²) >= 11 is 12.2. The van der Waals surface area contributed by atoms with Crippen LogP contribution in [0.3, 0.4) is 0 Å². The van der Waals surface area contributed by atoms with Crippen LogP contribution in [-0.4, -0.2) is 35.5 Å². The van der Waals surface area contributed by atoms with Crippen LogP contribution in [0.5, 0.6) is 0 Å². The largest absolute Gasteiger partial charge is 0.361 e. The molecule has 0 saturated carbocycles. The second-order valence-electron chi connectivity index (χ2n) is 7.24. The molecule has 0 aliphatic heterocycles. The summed E-state index contributed by atoms with van der Waals surface area (Å²) in [6.45, 7) is 3.97. The molecule has 4 aromatic rings. The van der Waals surface area contributed by atoms with Gasteiger partial charge in [-0.3, -0.25) is 24.3 Å². The number of nitrogens with one attached hydrogen (secondary N) is 1. The van der Waals surface area contributed by atoms with Crippen molar-refractivity contribution in [1.82, 2.24) is 24.7 Å². The first-order valence-corrected chi connectivity index (χ1v) is 10.4. The third kappa shape index (κ3) is 4.89.